The van der Waals surface area contributed by atoms with E-state index in [1.54, 1.807) is 54.6 Å². The second kappa shape index (κ2) is 9.23. The molecule has 2 aromatic heterocycles. The van der Waals surface area contributed by atoms with Crippen molar-refractivity contribution in [2.75, 3.05) is 17.7 Å². The lowest BCUT2D eigenvalue weighted by molar-refractivity contribution is 0.0690. The molecule has 9 nitrogen and oxygen atoms in total. The number of carboxylic acid groups (broad SMARTS) is 1. The van der Waals surface area contributed by atoms with Gasteiger partial charge < -0.3 is 24.9 Å². The highest BCUT2D eigenvalue weighted by atomic mass is 16.5. The van der Waals surface area contributed by atoms with E-state index in [9.17, 15) is 14.4 Å². The van der Waals surface area contributed by atoms with Crippen molar-refractivity contribution in [2.45, 2.75) is 6.54 Å². The summed E-state index contributed by atoms with van der Waals surface area (Å²) in [7, 11) is 1.51. The molecule has 0 aliphatic heterocycles. The number of carbonyl (C=O) groups excluding carboxylic acids is 1. The van der Waals surface area contributed by atoms with Crippen molar-refractivity contribution < 1.29 is 23.8 Å². The monoisotopic (exact) mass is 445 g/mol. The molecule has 2 aromatic carbocycles. The van der Waals surface area contributed by atoms with Gasteiger partial charge in [0.1, 0.15) is 22.7 Å². The molecule has 4 aromatic rings. The van der Waals surface area contributed by atoms with E-state index in [2.05, 4.69) is 15.6 Å². The van der Waals surface area contributed by atoms with Gasteiger partial charge in [0.25, 0.3) is 5.91 Å². The van der Waals surface area contributed by atoms with E-state index in [-0.39, 0.29) is 17.9 Å². The number of carboxylic acids is 1. The van der Waals surface area contributed by atoms with Gasteiger partial charge in [-0.15, -0.1) is 0 Å². The zero-order valence-corrected chi connectivity index (χ0v) is 17.5. The number of rotatable bonds is 7. The van der Waals surface area contributed by atoms with Gasteiger partial charge in [-0.05, 0) is 48.0 Å². The molecular formula is C24H19N3O6. The van der Waals surface area contributed by atoms with Crippen molar-refractivity contribution in [3.8, 4) is 5.75 Å². The number of aromatic nitrogens is 1. The summed E-state index contributed by atoms with van der Waals surface area (Å²) in [5.41, 5.74) is 1.10. The summed E-state index contributed by atoms with van der Waals surface area (Å²) in [6.45, 7) is 0.271. The molecule has 1 amide bonds. The second-order valence-corrected chi connectivity index (χ2v) is 7.06. The number of nitrogens with one attached hydrogen (secondary N) is 2. The van der Waals surface area contributed by atoms with E-state index < -0.39 is 17.5 Å². The Balaban J connectivity index is 1.55. The molecule has 0 spiro atoms. The lowest BCUT2D eigenvalue weighted by Crippen LogP contribution is -2.19. The molecule has 0 aliphatic carbocycles. The van der Waals surface area contributed by atoms with Crippen molar-refractivity contribution in [3.05, 3.63) is 94.1 Å². The summed E-state index contributed by atoms with van der Waals surface area (Å²) in [5.74, 6) is -1.07. The minimum Gasteiger partial charge on any atom is -0.497 e. The van der Waals surface area contributed by atoms with Gasteiger partial charge in [0.05, 0.1) is 12.7 Å². The number of benzene rings is 2. The van der Waals surface area contributed by atoms with E-state index in [0.717, 1.165) is 0 Å². The molecule has 4 rings (SSSR count). The highest BCUT2D eigenvalue weighted by molar-refractivity contribution is 6.08. The van der Waals surface area contributed by atoms with Gasteiger partial charge >= 0.3 is 11.6 Å². The third-order valence-electron chi connectivity index (χ3n) is 4.89. The first-order chi connectivity index (χ1) is 15.9. The third kappa shape index (κ3) is 4.82. The number of hydrogen-bond acceptors (Lipinski definition) is 7. The largest absolute Gasteiger partial charge is 0.497 e. The van der Waals surface area contributed by atoms with E-state index in [1.807, 2.05) is 0 Å². The fraction of sp³-hybridized carbons (Fsp3) is 0.0833. The van der Waals surface area contributed by atoms with Gasteiger partial charge in [0, 0.05) is 29.9 Å². The number of ether oxygens (including phenoxy) is 1. The molecule has 0 aliphatic rings. The number of aromatic carboxylic acids is 1. The summed E-state index contributed by atoms with van der Waals surface area (Å²) < 4.78 is 10.4. The molecule has 3 N–H and O–H groups in total. The summed E-state index contributed by atoms with van der Waals surface area (Å²) in [5, 5.41) is 15.4. The Morgan fingerprint density at radius 2 is 1.88 bits per heavy atom. The standard InChI is InChI=1S/C24H19N3O6/c1-32-16-7-6-15-11-20(24(31)33-21(15)12-16)27-22(28)17-4-2-3-5-18(17)26-13-14-8-9-25-19(10-14)23(29)30/h2-12,26H,13H2,1H3,(H,27,28)(H,29,30). The first kappa shape index (κ1) is 21.6. The molecule has 2 heterocycles. The Morgan fingerprint density at radius 1 is 1.06 bits per heavy atom. The average molecular weight is 445 g/mol. The van der Waals surface area contributed by atoms with Crippen LogP contribution in [-0.4, -0.2) is 29.1 Å². The van der Waals surface area contributed by atoms with Crippen LogP contribution < -0.4 is 21.0 Å². The SMILES string of the molecule is COc1ccc2cc(NC(=O)c3ccccc3NCc3ccnc(C(=O)O)c3)c(=O)oc2c1. The van der Waals surface area contributed by atoms with Crippen LogP contribution in [0.2, 0.25) is 0 Å². The van der Waals surface area contributed by atoms with Crippen molar-refractivity contribution in [2.24, 2.45) is 0 Å². The quantitative estimate of drug-likeness (QED) is 0.367. The maximum absolute atomic E-state index is 12.9. The third-order valence-corrected chi connectivity index (χ3v) is 4.89. The second-order valence-electron chi connectivity index (χ2n) is 7.06. The predicted molar refractivity (Wildman–Crippen MR) is 122 cm³/mol. The highest BCUT2D eigenvalue weighted by Gasteiger charge is 2.15. The molecule has 0 fully saturated rings. The first-order valence-electron chi connectivity index (χ1n) is 9.89. The maximum atomic E-state index is 12.9. The minimum absolute atomic E-state index is 0.00713. The minimum atomic E-state index is -1.12. The van der Waals surface area contributed by atoms with Gasteiger partial charge in [-0.2, -0.15) is 0 Å². The Morgan fingerprint density at radius 3 is 2.67 bits per heavy atom. The summed E-state index contributed by atoms with van der Waals surface area (Å²) in [4.78, 5) is 40.2. The first-order valence-corrected chi connectivity index (χ1v) is 9.89. The molecule has 0 saturated carbocycles. The molecule has 0 unspecified atom stereocenters. The number of fused-ring (bicyclic) bond motifs is 1. The van der Waals surface area contributed by atoms with Crippen molar-refractivity contribution in [3.63, 3.8) is 0 Å². The zero-order valence-electron chi connectivity index (χ0n) is 17.5. The van der Waals surface area contributed by atoms with E-state index in [4.69, 9.17) is 14.3 Å². The molecular weight excluding hydrogens is 426 g/mol. The number of methoxy groups -OCH3 is 1. The Bertz CT molecular complexity index is 1410. The van der Waals surface area contributed by atoms with Crippen LogP contribution >= 0.6 is 0 Å². The van der Waals surface area contributed by atoms with Gasteiger partial charge in [0.2, 0.25) is 0 Å². The summed E-state index contributed by atoms with van der Waals surface area (Å²) >= 11 is 0. The summed E-state index contributed by atoms with van der Waals surface area (Å²) in [6, 6.07) is 16.5. The number of anilines is 2. The van der Waals surface area contributed by atoms with Crippen LogP contribution in [0.4, 0.5) is 11.4 Å². The molecule has 0 atom stereocenters. The highest BCUT2D eigenvalue weighted by Crippen LogP contribution is 2.23. The number of pyridine rings is 1. The van der Waals surface area contributed by atoms with E-state index in [0.29, 0.717) is 33.5 Å². The number of nitrogens with zero attached hydrogens (tertiary/aromatic N) is 1. The Kier molecular flexibility index (Phi) is 6.03. The molecule has 0 radical (unpaired) electrons. The van der Waals surface area contributed by atoms with Gasteiger partial charge in [-0.3, -0.25) is 4.79 Å². The van der Waals surface area contributed by atoms with Crippen LogP contribution in [0.3, 0.4) is 0 Å². The topological polar surface area (TPSA) is 131 Å². The van der Waals surface area contributed by atoms with Crippen molar-refractivity contribution in [1.82, 2.24) is 4.98 Å². The zero-order chi connectivity index (χ0) is 23.4. The number of amides is 1. The lowest BCUT2D eigenvalue weighted by Gasteiger charge is -2.12. The number of para-hydroxylation sites is 1. The van der Waals surface area contributed by atoms with Crippen molar-refractivity contribution in [1.29, 1.82) is 0 Å². The molecule has 9 heteroatoms. The van der Waals surface area contributed by atoms with Crippen LogP contribution in [0.25, 0.3) is 11.0 Å². The normalized spacial score (nSPS) is 10.6. The van der Waals surface area contributed by atoms with Gasteiger partial charge in [0.15, 0.2) is 0 Å². The fourth-order valence-corrected chi connectivity index (χ4v) is 3.23. The van der Waals surface area contributed by atoms with Crippen LogP contribution in [0.15, 0.2) is 76.1 Å². The Labute approximate surface area is 187 Å². The lowest BCUT2D eigenvalue weighted by atomic mass is 10.1. The van der Waals surface area contributed by atoms with Gasteiger partial charge in [-0.1, -0.05) is 12.1 Å². The van der Waals surface area contributed by atoms with Gasteiger partial charge in [-0.25, -0.2) is 14.6 Å². The molecule has 0 saturated heterocycles. The Hall–Kier alpha value is -4.66. The van der Waals surface area contributed by atoms with Crippen LogP contribution in [0.1, 0.15) is 26.4 Å². The fourth-order valence-electron chi connectivity index (χ4n) is 3.23. The van der Waals surface area contributed by atoms with E-state index >= 15 is 0 Å². The molecule has 0 bridgehead atoms. The van der Waals surface area contributed by atoms with Crippen LogP contribution in [0, 0.1) is 0 Å². The average Bonchev–Trinajstić information content (AvgIpc) is 2.83. The maximum Gasteiger partial charge on any atom is 0.360 e. The van der Waals surface area contributed by atoms with Crippen LogP contribution in [-0.2, 0) is 6.54 Å². The molecule has 33 heavy (non-hydrogen) atoms. The predicted octanol–water partition coefficient (Wildman–Crippen LogP) is 3.76. The smallest absolute Gasteiger partial charge is 0.360 e. The van der Waals surface area contributed by atoms with Crippen molar-refractivity contribution >= 4 is 34.2 Å². The van der Waals surface area contributed by atoms with E-state index in [1.165, 1.54) is 19.4 Å². The van der Waals surface area contributed by atoms with Crippen LogP contribution in [0.5, 0.6) is 5.75 Å². The number of hydrogen-bond donors (Lipinski definition) is 3. The molecule has 166 valence electrons. The summed E-state index contributed by atoms with van der Waals surface area (Å²) in [6.07, 6.45) is 1.41. The number of carbonyl (C=O) groups is 2.